The molecule has 1 saturated heterocycles. The molecular weight excluding hydrogens is 320 g/mol. The van der Waals surface area contributed by atoms with Crippen molar-refractivity contribution in [3.8, 4) is 5.75 Å². The molecule has 2 aromatic rings. The Balaban J connectivity index is 1.82. The van der Waals surface area contributed by atoms with Gasteiger partial charge in [-0.15, -0.1) is 0 Å². The number of benzene rings is 2. The van der Waals surface area contributed by atoms with E-state index in [9.17, 15) is 15.0 Å². The van der Waals surface area contributed by atoms with Crippen LogP contribution >= 0.6 is 0 Å². The van der Waals surface area contributed by atoms with Crippen LogP contribution in [0.25, 0.3) is 0 Å². The number of carbonyl (C=O) groups excluding carboxylic acids is 1. The van der Waals surface area contributed by atoms with Crippen molar-refractivity contribution in [1.82, 2.24) is 4.90 Å². The molecular formula is C19H22N2O4. The van der Waals surface area contributed by atoms with Gasteiger partial charge in [-0.1, -0.05) is 18.2 Å². The van der Waals surface area contributed by atoms with Crippen LogP contribution in [0.15, 0.2) is 48.5 Å². The molecule has 6 heteroatoms. The van der Waals surface area contributed by atoms with Crippen LogP contribution in [0.3, 0.4) is 0 Å². The molecule has 2 aromatic carbocycles. The predicted octanol–water partition coefficient (Wildman–Crippen LogP) is 2.01. The highest BCUT2D eigenvalue weighted by molar-refractivity contribution is 6.00. The van der Waals surface area contributed by atoms with E-state index in [0.29, 0.717) is 24.2 Å². The summed E-state index contributed by atoms with van der Waals surface area (Å²) in [5.41, 5.74) is 2.02. The van der Waals surface area contributed by atoms with Gasteiger partial charge in [-0.05, 0) is 30.7 Å². The number of β-amino-alcohol motifs (C(OH)–C–C–N with tert-alkyl or cyclic N) is 1. The minimum absolute atomic E-state index is 0.132. The fourth-order valence-corrected chi connectivity index (χ4v) is 2.91. The molecule has 1 heterocycles. The van der Waals surface area contributed by atoms with Gasteiger partial charge in [0.1, 0.15) is 5.75 Å². The number of anilines is 2. The van der Waals surface area contributed by atoms with E-state index < -0.39 is 12.2 Å². The quantitative estimate of drug-likeness (QED) is 0.792. The lowest BCUT2D eigenvalue weighted by molar-refractivity contribution is -0.0321. The van der Waals surface area contributed by atoms with Gasteiger partial charge < -0.3 is 25.2 Å². The van der Waals surface area contributed by atoms with Crippen LogP contribution in [-0.4, -0.2) is 53.4 Å². The third-order valence-corrected chi connectivity index (χ3v) is 4.34. The van der Waals surface area contributed by atoms with Crippen LogP contribution in [0.4, 0.5) is 11.4 Å². The fraction of sp³-hybridized carbons (Fsp3) is 0.316. The van der Waals surface area contributed by atoms with Crippen molar-refractivity contribution >= 4 is 17.3 Å². The maximum absolute atomic E-state index is 12.9. The van der Waals surface area contributed by atoms with Gasteiger partial charge in [-0.25, -0.2) is 0 Å². The Morgan fingerprint density at radius 2 is 1.96 bits per heavy atom. The summed E-state index contributed by atoms with van der Waals surface area (Å²) in [7, 11) is 1.60. The monoisotopic (exact) mass is 342 g/mol. The third kappa shape index (κ3) is 3.92. The lowest BCUT2D eigenvalue weighted by atomic mass is 10.0. The molecule has 1 aliphatic rings. The minimum Gasteiger partial charge on any atom is -0.497 e. The second-order valence-electron chi connectivity index (χ2n) is 6.08. The lowest BCUT2D eigenvalue weighted by Crippen LogP contribution is -2.49. The first-order chi connectivity index (χ1) is 12.1. The molecule has 0 unspecified atom stereocenters. The summed E-state index contributed by atoms with van der Waals surface area (Å²) in [6.45, 7) is 0.554. The molecule has 0 spiro atoms. The predicted molar refractivity (Wildman–Crippen MR) is 95.3 cm³/mol. The molecule has 1 amide bonds. The Morgan fingerprint density at radius 3 is 2.72 bits per heavy atom. The zero-order chi connectivity index (χ0) is 17.8. The van der Waals surface area contributed by atoms with Gasteiger partial charge in [0, 0.05) is 24.8 Å². The number of rotatable bonds is 4. The third-order valence-electron chi connectivity index (χ3n) is 4.34. The van der Waals surface area contributed by atoms with Crippen molar-refractivity contribution in [2.45, 2.75) is 18.6 Å². The summed E-state index contributed by atoms with van der Waals surface area (Å²) in [6, 6.07) is 14.7. The summed E-state index contributed by atoms with van der Waals surface area (Å²) >= 11 is 0. The molecule has 1 fully saturated rings. The summed E-state index contributed by atoms with van der Waals surface area (Å²) in [5.74, 6) is 0.555. The van der Waals surface area contributed by atoms with E-state index in [0.717, 1.165) is 11.4 Å². The number of para-hydroxylation sites is 1. The first kappa shape index (κ1) is 17.3. The highest BCUT2D eigenvalue weighted by atomic mass is 16.5. The largest absolute Gasteiger partial charge is 0.497 e. The number of nitrogens with zero attached hydrogens (tertiary/aromatic N) is 1. The number of hydrogen-bond acceptors (Lipinski definition) is 5. The smallest absolute Gasteiger partial charge is 0.256 e. The maximum Gasteiger partial charge on any atom is 0.256 e. The van der Waals surface area contributed by atoms with E-state index in [2.05, 4.69) is 5.32 Å². The molecule has 2 atom stereocenters. The van der Waals surface area contributed by atoms with E-state index in [1.807, 2.05) is 36.4 Å². The van der Waals surface area contributed by atoms with Crippen LogP contribution in [0.1, 0.15) is 16.8 Å². The van der Waals surface area contributed by atoms with Crippen LogP contribution in [-0.2, 0) is 0 Å². The Hall–Kier alpha value is -2.57. The second kappa shape index (κ2) is 7.55. The molecule has 0 aromatic heterocycles. The number of aliphatic hydroxyl groups is 2. The van der Waals surface area contributed by atoms with Crippen LogP contribution in [0, 0.1) is 0 Å². The van der Waals surface area contributed by atoms with Crippen LogP contribution in [0.2, 0.25) is 0 Å². The van der Waals surface area contributed by atoms with Gasteiger partial charge in [0.15, 0.2) is 0 Å². The van der Waals surface area contributed by atoms with Crippen molar-refractivity contribution in [3.05, 3.63) is 54.1 Å². The molecule has 0 radical (unpaired) electrons. The van der Waals surface area contributed by atoms with Gasteiger partial charge in [-0.2, -0.15) is 0 Å². The Labute approximate surface area is 146 Å². The first-order valence-electron chi connectivity index (χ1n) is 8.24. The minimum atomic E-state index is -0.906. The SMILES string of the molecule is COc1cccc(Nc2ccccc2C(=O)N2CC[C@@H](O)[C@@H](O)C2)c1. The molecule has 3 rings (SSSR count). The lowest BCUT2D eigenvalue weighted by Gasteiger charge is -2.33. The van der Waals surface area contributed by atoms with Gasteiger partial charge >= 0.3 is 0 Å². The van der Waals surface area contributed by atoms with Crippen LogP contribution in [0.5, 0.6) is 5.75 Å². The zero-order valence-corrected chi connectivity index (χ0v) is 14.1. The zero-order valence-electron chi connectivity index (χ0n) is 14.1. The maximum atomic E-state index is 12.9. The van der Waals surface area contributed by atoms with E-state index >= 15 is 0 Å². The van der Waals surface area contributed by atoms with Crippen molar-refractivity contribution < 1.29 is 19.7 Å². The number of nitrogens with one attached hydrogen (secondary N) is 1. The number of likely N-dealkylation sites (tertiary alicyclic amines) is 1. The second-order valence-corrected chi connectivity index (χ2v) is 6.08. The van der Waals surface area contributed by atoms with E-state index in [4.69, 9.17) is 4.74 Å². The normalized spacial score (nSPS) is 20.2. The summed E-state index contributed by atoms with van der Waals surface area (Å²) in [4.78, 5) is 14.4. The molecule has 132 valence electrons. The van der Waals surface area contributed by atoms with Gasteiger partial charge in [-0.3, -0.25) is 4.79 Å². The number of carbonyl (C=O) groups is 1. The number of amides is 1. The van der Waals surface area contributed by atoms with Crippen molar-refractivity contribution in [2.24, 2.45) is 0 Å². The standard InChI is InChI=1S/C19H22N2O4/c1-25-14-6-4-5-13(11-14)20-16-8-3-2-7-15(16)19(24)21-10-9-17(22)18(23)12-21/h2-8,11,17-18,20,22-23H,9-10,12H2,1H3/t17-,18+/m1/s1. The van der Waals surface area contributed by atoms with E-state index in [1.165, 1.54) is 0 Å². The van der Waals surface area contributed by atoms with E-state index in [-0.39, 0.29) is 12.5 Å². The molecule has 0 saturated carbocycles. The molecule has 0 bridgehead atoms. The molecule has 6 nitrogen and oxygen atoms in total. The Morgan fingerprint density at radius 1 is 1.16 bits per heavy atom. The average Bonchev–Trinajstić information content (AvgIpc) is 2.64. The number of methoxy groups -OCH3 is 1. The molecule has 0 aliphatic carbocycles. The Bertz CT molecular complexity index is 750. The highest BCUT2D eigenvalue weighted by Crippen LogP contribution is 2.25. The number of hydrogen-bond donors (Lipinski definition) is 3. The molecule has 25 heavy (non-hydrogen) atoms. The topological polar surface area (TPSA) is 82.0 Å². The average molecular weight is 342 g/mol. The fourth-order valence-electron chi connectivity index (χ4n) is 2.91. The number of aliphatic hydroxyl groups excluding tert-OH is 2. The number of ether oxygens (including phenoxy) is 1. The van der Waals surface area contributed by atoms with Crippen molar-refractivity contribution in [3.63, 3.8) is 0 Å². The van der Waals surface area contributed by atoms with Gasteiger partial charge in [0.2, 0.25) is 0 Å². The van der Waals surface area contributed by atoms with Crippen molar-refractivity contribution in [2.75, 3.05) is 25.5 Å². The molecule has 1 aliphatic heterocycles. The van der Waals surface area contributed by atoms with Crippen molar-refractivity contribution in [1.29, 1.82) is 0 Å². The molecule has 3 N–H and O–H groups in total. The Kier molecular flexibility index (Phi) is 5.21. The summed E-state index contributed by atoms with van der Waals surface area (Å²) in [6.07, 6.45) is -1.30. The summed E-state index contributed by atoms with van der Waals surface area (Å²) < 4.78 is 5.22. The number of piperidine rings is 1. The summed E-state index contributed by atoms with van der Waals surface area (Å²) in [5, 5.41) is 22.7. The van der Waals surface area contributed by atoms with Gasteiger partial charge in [0.25, 0.3) is 5.91 Å². The van der Waals surface area contributed by atoms with Gasteiger partial charge in [0.05, 0.1) is 30.6 Å². The highest BCUT2D eigenvalue weighted by Gasteiger charge is 2.29. The van der Waals surface area contributed by atoms with Crippen LogP contribution < -0.4 is 10.1 Å². The first-order valence-corrected chi connectivity index (χ1v) is 8.24. The van der Waals surface area contributed by atoms with E-state index in [1.54, 1.807) is 24.1 Å².